The molecule has 0 fully saturated rings. The highest BCUT2D eigenvalue weighted by atomic mass is 19.4. The minimum Gasteiger partial charge on any atom is -0.494 e. The van der Waals surface area contributed by atoms with Gasteiger partial charge in [0.15, 0.2) is 0 Å². The van der Waals surface area contributed by atoms with E-state index in [1.54, 1.807) is 18.2 Å². The summed E-state index contributed by atoms with van der Waals surface area (Å²) in [6, 6.07) is 15.9. The fraction of sp³-hybridized carbons (Fsp3) is 0.323. The van der Waals surface area contributed by atoms with Crippen molar-refractivity contribution in [2.45, 2.75) is 50.8 Å². The average Bonchev–Trinajstić information content (AvgIpc) is 2.92. The quantitative estimate of drug-likeness (QED) is 0.0651. The van der Waals surface area contributed by atoms with E-state index < -0.39 is 30.2 Å². The van der Waals surface area contributed by atoms with Crippen molar-refractivity contribution in [3.63, 3.8) is 0 Å². The van der Waals surface area contributed by atoms with E-state index in [-0.39, 0.29) is 31.3 Å². The standard InChI is InChI=1S/C31H33F5N2O4/c1-21(27-15-10-24(37)19-28(27)38)20-41-29(39)16-7-22-5-11-26(12-6-22)42-31(35,36)23-8-13-25(14-9-23)40-18-4-2-3-17-30(32,33)34/h5-16,19,21H,2-4,17-18,20,37-38H2,1H3/b16-7+. The summed E-state index contributed by atoms with van der Waals surface area (Å²) < 4.78 is 81.4. The number of halogens is 5. The van der Waals surface area contributed by atoms with Crippen LogP contribution in [0.25, 0.3) is 6.08 Å². The minimum absolute atomic E-state index is 0.0146. The Labute approximate surface area is 241 Å². The third-order valence-electron chi connectivity index (χ3n) is 6.22. The molecule has 226 valence electrons. The number of hydrogen-bond acceptors (Lipinski definition) is 6. The van der Waals surface area contributed by atoms with E-state index >= 15 is 0 Å². The van der Waals surface area contributed by atoms with Gasteiger partial charge in [0.05, 0.1) is 18.8 Å². The maximum absolute atomic E-state index is 14.7. The van der Waals surface area contributed by atoms with Gasteiger partial charge in [-0.05, 0) is 85.0 Å². The first kappa shape index (κ1) is 32.2. The van der Waals surface area contributed by atoms with Gasteiger partial charge in [-0.1, -0.05) is 25.1 Å². The number of nitrogens with two attached hydrogens (primary N) is 2. The fourth-order valence-corrected chi connectivity index (χ4v) is 3.94. The molecule has 11 heteroatoms. The molecule has 0 aromatic heterocycles. The van der Waals surface area contributed by atoms with Crippen molar-refractivity contribution in [3.8, 4) is 11.5 Å². The summed E-state index contributed by atoms with van der Waals surface area (Å²) in [5, 5.41) is 0. The number of hydrogen-bond donors (Lipinski definition) is 2. The number of ether oxygens (including phenoxy) is 3. The van der Waals surface area contributed by atoms with Crippen LogP contribution in [0.15, 0.2) is 72.8 Å². The molecule has 6 nitrogen and oxygen atoms in total. The molecule has 0 bridgehead atoms. The number of carbonyl (C=O) groups is 1. The van der Waals surface area contributed by atoms with E-state index in [4.69, 9.17) is 25.7 Å². The van der Waals surface area contributed by atoms with Crippen LogP contribution in [0.3, 0.4) is 0 Å². The van der Waals surface area contributed by atoms with E-state index in [0.717, 1.165) is 17.7 Å². The zero-order valence-electron chi connectivity index (χ0n) is 23.0. The highest BCUT2D eigenvalue weighted by molar-refractivity contribution is 5.87. The summed E-state index contributed by atoms with van der Waals surface area (Å²) in [7, 11) is 0. The Bertz CT molecular complexity index is 1330. The molecule has 0 aliphatic carbocycles. The molecule has 1 atom stereocenters. The Morgan fingerprint density at radius 2 is 1.55 bits per heavy atom. The molecule has 1 unspecified atom stereocenters. The lowest BCUT2D eigenvalue weighted by atomic mass is 10.00. The van der Waals surface area contributed by atoms with Crippen molar-refractivity contribution in [1.82, 2.24) is 0 Å². The summed E-state index contributed by atoms with van der Waals surface area (Å²) in [5.74, 6) is -0.483. The second-order valence-electron chi connectivity index (χ2n) is 9.74. The first-order valence-electron chi connectivity index (χ1n) is 13.3. The molecule has 42 heavy (non-hydrogen) atoms. The van der Waals surface area contributed by atoms with Crippen LogP contribution < -0.4 is 20.9 Å². The molecule has 0 radical (unpaired) electrons. The summed E-state index contributed by atoms with van der Waals surface area (Å²) in [6.07, 6.45) is -5.15. The van der Waals surface area contributed by atoms with Crippen LogP contribution >= 0.6 is 0 Å². The lowest BCUT2D eigenvalue weighted by Gasteiger charge is -2.18. The molecular weight excluding hydrogens is 559 g/mol. The number of alkyl halides is 5. The van der Waals surface area contributed by atoms with Gasteiger partial charge in [0.25, 0.3) is 0 Å². The predicted molar refractivity (Wildman–Crippen MR) is 151 cm³/mol. The Morgan fingerprint density at radius 1 is 0.881 bits per heavy atom. The number of nitrogen functional groups attached to an aromatic ring is 2. The molecule has 3 aromatic carbocycles. The number of unbranched alkanes of at least 4 members (excludes halogenated alkanes) is 2. The summed E-state index contributed by atoms with van der Waals surface area (Å²) in [6.45, 7) is 2.16. The highest BCUT2D eigenvalue weighted by Gasteiger charge is 2.34. The molecule has 0 spiro atoms. The molecule has 0 amide bonds. The summed E-state index contributed by atoms with van der Waals surface area (Å²) in [4.78, 5) is 12.1. The second-order valence-corrected chi connectivity index (χ2v) is 9.74. The third-order valence-corrected chi connectivity index (χ3v) is 6.22. The van der Waals surface area contributed by atoms with Crippen molar-refractivity contribution in [3.05, 3.63) is 89.5 Å². The van der Waals surface area contributed by atoms with Crippen molar-refractivity contribution in [1.29, 1.82) is 0 Å². The first-order valence-corrected chi connectivity index (χ1v) is 13.3. The van der Waals surface area contributed by atoms with Crippen molar-refractivity contribution >= 4 is 23.4 Å². The second kappa shape index (κ2) is 14.6. The molecule has 0 aliphatic heterocycles. The predicted octanol–water partition coefficient (Wildman–Crippen LogP) is 7.84. The van der Waals surface area contributed by atoms with Crippen molar-refractivity contribution in [2.24, 2.45) is 0 Å². The minimum atomic E-state index is -4.17. The smallest absolute Gasteiger partial charge is 0.426 e. The van der Waals surface area contributed by atoms with Gasteiger partial charge in [0.2, 0.25) is 0 Å². The van der Waals surface area contributed by atoms with Gasteiger partial charge in [-0.3, -0.25) is 0 Å². The van der Waals surface area contributed by atoms with E-state index in [1.165, 1.54) is 48.6 Å². The zero-order valence-corrected chi connectivity index (χ0v) is 23.0. The molecule has 0 saturated carbocycles. The molecule has 0 aliphatic rings. The number of anilines is 2. The van der Waals surface area contributed by atoms with Crippen LogP contribution in [0.1, 0.15) is 55.2 Å². The summed E-state index contributed by atoms with van der Waals surface area (Å²) in [5.41, 5.74) is 13.7. The summed E-state index contributed by atoms with van der Waals surface area (Å²) >= 11 is 0. The molecule has 0 saturated heterocycles. The Morgan fingerprint density at radius 3 is 2.19 bits per heavy atom. The third kappa shape index (κ3) is 10.6. The van der Waals surface area contributed by atoms with Crippen LogP contribution in [-0.4, -0.2) is 25.4 Å². The Kier molecular flexibility index (Phi) is 11.2. The Balaban J connectivity index is 1.44. The number of benzene rings is 3. The lowest BCUT2D eigenvalue weighted by Crippen LogP contribution is -2.21. The van der Waals surface area contributed by atoms with Crippen LogP contribution in [-0.2, 0) is 15.6 Å². The number of rotatable bonds is 14. The van der Waals surface area contributed by atoms with E-state index in [2.05, 4.69) is 0 Å². The van der Waals surface area contributed by atoms with Crippen molar-refractivity contribution < 1.29 is 41.0 Å². The largest absolute Gasteiger partial charge is 0.494 e. The zero-order chi connectivity index (χ0) is 30.8. The molecule has 0 heterocycles. The normalized spacial score (nSPS) is 12.7. The van der Waals surface area contributed by atoms with Gasteiger partial charge in [-0.2, -0.15) is 22.0 Å². The topological polar surface area (TPSA) is 96.8 Å². The van der Waals surface area contributed by atoms with E-state index in [1.807, 2.05) is 6.92 Å². The highest BCUT2D eigenvalue weighted by Crippen LogP contribution is 2.33. The van der Waals surface area contributed by atoms with Crippen LogP contribution in [0.5, 0.6) is 11.5 Å². The van der Waals surface area contributed by atoms with E-state index in [9.17, 15) is 26.7 Å². The maximum Gasteiger partial charge on any atom is 0.426 e. The SMILES string of the molecule is CC(COC(=O)/C=C/c1ccc(OC(F)(F)c2ccc(OCCCCCC(F)(F)F)cc2)cc1)c1ccc(N)cc1N. The maximum atomic E-state index is 14.7. The first-order chi connectivity index (χ1) is 19.8. The number of esters is 1. The average molecular weight is 593 g/mol. The van der Waals surface area contributed by atoms with Crippen molar-refractivity contribution in [2.75, 3.05) is 24.7 Å². The number of carbonyl (C=O) groups excluding carboxylic acids is 1. The lowest BCUT2D eigenvalue weighted by molar-refractivity contribution is -0.185. The van der Waals surface area contributed by atoms with Crippen LogP contribution in [0.4, 0.5) is 33.3 Å². The van der Waals surface area contributed by atoms with Gasteiger partial charge < -0.3 is 25.7 Å². The van der Waals surface area contributed by atoms with Gasteiger partial charge in [-0.25, -0.2) is 4.79 Å². The monoisotopic (exact) mass is 592 g/mol. The van der Waals surface area contributed by atoms with Gasteiger partial charge in [-0.15, -0.1) is 0 Å². The van der Waals surface area contributed by atoms with Gasteiger partial charge >= 0.3 is 18.3 Å². The fourth-order valence-electron chi connectivity index (χ4n) is 3.94. The van der Waals surface area contributed by atoms with E-state index in [0.29, 0.717) is 35.5 Å². The Hall–Kier alpha value is -4.28. The molecule has 4 N–H and O–H groups in total. The van der Waals surface area contributed by atoms with Crippen LogP contribution in [0, 0.1) is 0 Å². The molecule has 3 rings (SSSR count). The van der Waals surface area contributed by atoms with Crippen LogP contribution in [0.2, 0.25) is 0 Å². The van der Waals surface area contributed by atoms with Gasteiger partial charge in [0, 0.05) is 29.8 Å². The molecule has 3 aromatic rings. The molecular formula is C31H33F5N2O4. The van der Waals surface area contributed by atoms with Gasteiger partial charge in [0.1, 0.15) is 11.5 Å².